The largest absolute Gasteiger partial charge is 0.495 e. The number of rotatable bonds is 4. The van der Waals surface area contributed by atoms with Crippen LogP contribution in [0.4, 0.5) is 5.69 Å². The molecule has 140 valence electrons. The van der Waals surface area contributed by atoms with Gasteiger partial charge in [0.05, 0.1) is 12.8 Å². The van der Waals surface area contributed by atoms with Crippen LogP contribution in [0.2, 0.25) is 0 Å². The lowest BCUT2D eigenvalue weighted by Crippen LogP contribution is -2.49. The number of carbonyl (C=O) groups excluding carboxylic acids is 1. The average Bonchev–Trinajstić information content (AvgIpc) is 3.36. The van der Waals surface area contributed by atoms with Crippen molar-refractivity contribution in [1.82, 2.24) is 9.88 Å². The van der Waals surface area contributed by atoms with Crippen molar-refractivity contribution < 1.29 is 13.9 Å². The van der Waals surface area contributed by atoms with Crippen molar-refractivity contribution in [2.45, 2.75) is 6.92 Å². The number of hydrogen-bond donors (Lipinski definition) is 0. The molecule has 3 aromatic rings. The number of anilines is 1. The highest BCUT2D eigenvalue weighted by molar-refractivity contribution is 7.13. The molecule has 1 saturated heterocycles. The van der Waals surface area contributed by atoms with Gasteiger partial charge in [-0.15, -0.1) is 11.3 Å². The van der Waals surface area contributed by atoms with Crippen molar-refractivity contribution in [1.29, 1.82) is 0 Å². The van der Waals surface area contributed by atoms with Crippen molar-refractivity contribution in [2.75, 3.05) is 38.2 Å². The summed E-state index contributed by atoms with van der Waals surface area (Å²) >= 11 is 1.43. The van der Waals surface area contributed by atoms with Crippen LogP contribution in [0, 0.1) is 6.92 Å². The first kappa shape index (κ1) is 17.6. The third kappa shape index (κ3) is 3.55. The number of carbonyl (C=O) groups is 1. The summed E-state index contributed by atoms with van der Waals surface area (Å²) in [4.78, 5) is 21.4. The SMILES string of the molecule is COc1ccccc1N1CCN(C(=O)c2csc(-c3ccc(C)o3)n2)CC1. The molecule has 0 atom stereocenters. The lowest BCUT2D eigenvalue weighted by molar-refractivity contribution is 0.0741. The molecule has 1 aliphatic heterocycles. The van der Waals surface area contributed by atoms with Gasteiger partial charge in [0.2, 0.25) is 0 Å². The Morgan fingerprint density at radius 1 is 1.15 bits per heavy atom. The molecule has 3 heterocycles. The number of hydrogen-bond acceptors (Lipinski definition) is 6. The molecule has 7 heteroatoms. The van der Waals surface area contributed by atoms with Crippen LogP contribution in [-0.4, -0.2) is 49.1 Å². The summed E-state index contributed by atoms with van der Waals surface area (Å²) in [6.07, 6.45) is 0. The summed E-state index contributed by atoms with van der Waals surface area (Å²) in [6.45, 7) is 4.73. The van der Waals surface area contributed by atoms with E-state index in [2.05, 4.69) is 9.88 Å². The summed E-state index contributed by atoms with van der Waals surface area (Å²) in [7, 11) is 1.68. The summed E-state index contributed by atoms with van der Waals surface area (Å²) < 4.78 is 11.0. The van der Waals surface area contributed by atoms with E-state index in [0.29, 0.717) is 24.5 Å². The molecule has 0 saturated carbocycles. The highest BCUT2D eigenvalue weighted by atomic mass is 32.1. The Morgan fingerprint density at radius 3 is 2.63 bits per heavy atom. The predicted molar refractivity (Wildman–Crippen MR) is 106 cm³/mol. The zero-order valence-electron chi connectivity index (χ0n) is 15.3. The molecule has 1 amide bonds. The van der Waals surface area contributed by atoms with E-state index in [0.717, 1.165) is 35.3 Å². The minimum Gasteiger partial charge on any atom is -0.495 e. The Balaban J connectivity index is 1.42. The Bertz CT molecular complexity index is 941. The first-order valence-corrected chi connectivity index (χ1v) is 9.73. The van der Waals surface area contributed by atoms with E-state index in [4.69, 9.17) is 9.15 Å². The Hall–Kier alpha value is -2.80. The number of methoxy groups -OCH3 is 1. The first-order valence-electron chi connectivity index (χ1n) is 8.85. The van der Waals surface area contributed by atoms with Crippen molar-refractivity contribution in [3.8, 4) is 16.5 Å². The van der Waals surface area contributed by atoms with Crippen LogP contribution in [0.3, 0.4) is 0 Å². The number of furan rings is 1. The normalized spacial score (nSPS) is 14.4. The Kier molecular flexibility index (Phi) is 4.85. The molecule has 0 radical (unpaired) electrons. The molecule has 1 fully saturated rings. The third-order valence-corrected chi connectivity index (χ3v) is 5.52. The monoisotopic (exact) mass is 383 g/mol. The smallest absolute Gasteiger partial charge is 0.273 e. The quantitative estimate of drug-likeness (QED) is 0.688. The first-order chi connectivity index (χ1) is 13.2. The van der Waals surface area contributed by atoms with E-state index >= 15 is 0 Å². The fourth-order valence-electron chi connectivity index (χ4n) is 3.24. The second kappa shape index (κ2) is 7.44. The van der Waals surface area contributed by atoms with Crippen molar-refractivity contribution in [3.63, 3.8) is 0 Å². The number of thiazole rings is 1. The van der Waals surface area contributed by atoms with Crippen LogP contribution in [0.5, 0.6) is 5.75 Å². The molecule has 4 rings (SSSR count). The second-order valence-corrected chi connectivity index (χ2v) is 7.26. The fourth-order valence-corrected chi connectivity index (χ4v) is 3.99. The number of benzene rings is 1. The average molecular weight is 383 g/mol. The highest BCUT2D eigenvalue weighted by Crippen LogP contribution is 2.29. The minimum atomic E-state index is -0.0274. The van der Waals surface area contributed by atoms with Crippen LogP contribution in [0.15, 0.2) is 46.2 Å². The Labute approximate surface area is 162 Å². The zero-order valence-corrected chi connectivity index (χ0v) is 16.2. The van der Waals surface area contributed by atoms with E-state index in [1.54, 1.807) is 7.11 Å². The number of amides is 1. The van der Waals surface area contributed by atoms with E-state index in [9.17, 15) is 4.79 Å². The van der Waals surface area contributed by atoms with E-state index in [-0.39, 0.29) is 5.91 Å². The van der Waals surface area contributed by atoms with Gasteiger partial charge < -0.3 is 19.0 Å². The predicted octanol–water partition coefficient (Wildman–Crippen LogP) is 3.68. The van der Waals surface area contributed by atoms with Gasteiger partial charge in [0.15, 0.2) is 10.8 Å². The lowest BCUT2D eigenvalue weighted by Gasteiger charge is -2.36. The van der Waals surface area contributed by atoms with E-state index in [1.165, 1.54) is 11.3 Å². The third-order valence-electron chi connectivity index (χ3n) is 4.67. The lowest BCUT2D eigenvalue weighted by atomic mass is 10.2. The fraction of sp³-hybridized carbons (Fsp3) is 0.300. The van der Waals surface area contributed by atoms with Crippen LogP contribution >= 0.6 is 11.3 Å². The van der Waals surface area contributed by atoms with E-state index in [1.807, 2.05) is 53.6 Å². The topological polar surface area (TPSA) is 58.8 Å². The molecule has 0 spiro atoms. The maximum Gasteiger partial charge on any atom is 0.273 e. The number of para-hydroxylation sites is 2. The second-order valence-electron chi connectivity index (χ2n) is 6.40. The van der Waals surface area contributed by atoms with E-state index < -0.39 is 0 Å². The molecule has 6 nitrogen and oxygen atoms in total. The van der Waals surface area contributed by atoms with Gasteiger partial charge in [-0.2, -0.15) is 0 Å². The van der Waals surface area contributed by atoms with Crippen LogP contribution < -0.4 is 9.64 Å². The molecular weight excluding hydrogens is 362 g/mol. The Morgan fingerprint density at radius 2 is 1.93 bits per heavy atom. The highest BCUT2D eigenvalue weighted by Gasteiger charge is 2.25. The van der Waals surface area contributed by atoms with Gasteiger partial charge >= 0.3 is 0 Å². The molecule has 0 aliphatic carbocycles. The molecule has 1 aliphatic rings. The van der Waals surface area contributed by atoms with Gasteiger partial charge in [0, 0.05) is 31.6 Å². The maximum absolute atomic E-state index is 12.8. The number of ether oxygens (including phenoxy) is 1. The molecular formula is C20H21N3O3S. The zero-order chi connectivity index (χ0) is 18.8. The molecule has 0 bridgehead atoms. The van der Waals surface area contributed by atoms with Gasteiger partial charge in [-0.1, -0.05) is 12.1 Å². The number of aromatic nitrogens is 1. The maximum atomic E-state index is 12.8. The van der Waals surface area contributed by atoms with Crippen molar-refractivity contribution >= 4 is 22.9 Å². The van der Waals surface area contributed by atoms with Gasteiger partial charge in [0.1, 0.15) is 17.2 Å². The molecule has 0 N–H and O–H groups in total. The van der Waals surface area contributed by atoms with Crippen LogP contribution in [0.25, 0.3) is 10.8 Å². The summed E-state index contributed by atoms with van der Waals surface area (Å²) in [5.74, 6) is 2.37. The summed E-state index contributed by atoms with van der Waals surface area (Å²) in [5.41, 5.74) is 1.55. The summed E-state index contributed by atoms with van der Waals surface area (Å²) in [6, 6.07) is 11.8. The molecule has 1 aromatic carbocycles. The molecule has 0 unspecified atom stereocenters. The van der Waals surface area contributed by atoms with Gasteiger partial charge in [-0.3, -0.25) is 4.79 Å². The van der Waals surface area contributed by atoms with Gasteiger partial charge in [0.25, 0.3) is 5.91 Å². The summed E-state index contributed by atoms with van der Waals surface area (Å²) in [5, 5.41) is 2.54. The number of nitrogens with zero attached hydrogens (tertiary/aromatic N) is 3. The van der Waals surface area contributed by atoms with Crippen molar-refractivity contribution in [3.05, 3.63) is 53.2 Å². The van der Waals surface area contributed by atoms with Crippen LogP contribution in [0.1, 0.15) is 16.2 Å². The number of aryl methyl sites for hydroxylation is 1. The van der Waals surface area contributed by atoms with Crippen LogP contribution in [-0.2, 0) is 0 Å². The number of piperazine rings is 1. The van der Waals surface area contributed by atoms with Crippen molar-refractivity contribution in [2.24, 2.45) is 0 Å². The van der Waals surface area contributed by atoms with Gasteiger partial charge in [-0.05, 0) is 31.2 Å². The molecule has 2 aromatic heterocycles. The standard InChI is InChI=1S/C20H21N3O3S/c1-14-7-8-18(26-14)19-21-15(13-27-19)20(24)23-11-9-22(10-12-23)16-5-3-4-6-17(16)25-2/h3-8,13H,9-12H2,1-2H3. The minimum absolute atomic E-state index is 0.0274. The molecule has 27 heavy (non-hydrogen) atoms. The van der Waals surface area contributed by atoms with Gasteiger partial charge in [-0.25, -0.2) is 4.98 Å².